The van der Waals surface area contributed by atoms with Crippen molar-refractivity contribution in [2.45, 2.75) is 32.1 Å². The first-order valence-electron chi connectivity index (χ1n) is 3.56. The number of hydrogen-bond acceptors (Lipinski definition) is 0. The summed E-state index contributed by atoms with van der Waals surface area (Å²) in [6.45, 7) is 0. The van der Waals surface area contributed by atoms with Gasteiger partial charge in [0.15, 0.2) is 0 Å². The molecule has 0 rings (SSSR count). The summed E-state index contributed by atoms with van der Waals surface area (Å²) in [6.07, 6.45) is 5.99. The van der Waals surface area contributed by atoms with Gasteiger partial charge in [-0.2, -0.15) is 0 Å². The fraction of sp³-hybridized carbons (Fsp3) is 0.750. The Morgan fingerprint density at radius 2 is 1.80 bits per heavy atom. The number of unbranched alkanes of at least 4 members (excludes halogenated alkanes) is 4. The quantitative estimate of drug-likeness (QED) is 0.380. The summed E-state index contributed by atoms with van der Waals surface area (Å²) in [7, 11) is 0. The molecule has 10 heavy (non-hydrogen) atoms. The van der Waals surface area contributed by atoms with Crippen LogP contribution in [0.4, 0.5) is 0 Å². The Hall–Kier alpha value is 0.330. The van der Waals surface area contributed by atoms with E-state index >= 15 is 0 Å². The Balaban J connectivity index is 2.82. The van der Waals surface area contributed by atoms with Crippen molar-refractivity contribution in [2.75, 3.05) is 5.33 Å². The van der Waals surface area contributed by atoms with E-state index in [0.29, 0.717) is 0 Å². The lowest BCUT2D eigenvalue weighted by Gasteiger charge is -1.93. The molecule has 0 fully saturated rings. The van der Waals surface area contributed by atoms with Gasteiger partial charge in [0, 0.05) is 17.1 Å². The average molecular weight is 224 g/mol. The summed E-state index contributed by atoms with van der Waals surface area (Å²) < 4.78 is 0. The van der Waals surface area contributed by atoms with E-state index in [0.717, 1.165) is 11.8 Å². The van der Waals surface area contributed by atoms with Gasteiger partial charge >= 0.3 is 0 Å². The molecule has 0 unspecified atom stereocenters. The van der Waals surface area contributed by atoms with Gasteiger partial charge in [-0.3, -0.25) is 0 Å². The predicted molar refractivity (Wildman–Crippen MR) is 50.5 cm³/mol. The minimum atomic E-state index is 0.950. The molecule has 0 aromatic rings. The standard InChI is InChI=1S/C8H12BrCl/c9-7-5-3-1-2-4-6-8-10/h1-5,7H2. The van der Waals surface area contributed by atoms with Crippen LogP contribution in [-0.2, 0) is 0 Å². The zero-order valence-electron chi connectivity index (χ0n) is 6.00. The van der Waals surface area contributed by atoms with Gasteiger partial charge in [-0.25, -0.2) is 0 Å². The van der Waals surface area contributed by atoms with Gasteiger partial charge in [0.1, 0.15) is 0 Å². The SMILES string of the molecule is ClC#CCCCCCCBr. The molecule has 0 aromatic heterocycles. The van der Waals surface area contributed by atoms with E-state index in [9.17, 15) is 0 Å². The van der Waals surface area contributed by atoms with Crippen molar-refractivity contribution in [3.8, 4) is 11.3 Å². The van der Waals surface area contributed by atoms with Gasteiger partial charge in [0.25, 0.3) is 0 Å². The van der Waals surface area contributed by atoms with Crippen molar-refractivity contribution in [1.29, 1.82) is 0 Å². The molecule has 58 valence electrons. The van der Waals surface area contributed by atoms with Crippen LogP contribution in [0, 0.1) is 11.3 Å². The molecule has 0 radical (unpaired) electrons. The van der Waals surface area contributed by atoms with Crippen LogP contribution in [0.5, 0.6) is 0 Å². The molecule has 0 aliphatic rings. The number of hydrogen-bond donors (Lipinski definition) is 0. The molecule has 0 atom stereocenters. The molecule has 0 aromatic carbocycles. The van der Waals surface area contributed by atoms with Crippen LogP contribution >= 0.6 is 27.5 Å². The minimum Gasteiger partial charge on any atom is -0.0928 e. The zero-order chi connectivity index (χ0) is 7.66. The Morgan fingerprint density at radius 1 is 1.10 bits per heavy atom. The first kappa shape index (κ1) is 10.3. The van der Waals surface area contributed by atoms with Gasteiger partial charge in [-0.15, -0.1) is 0 Å². The van der Waals surface area contributed by atoms with E-state index in [-0.39, 0.29) is 0 Å². The number of alkyl halides is 1. The highest BCUT2D eigenvalue weighted by Crippen LogP contribution is 2.03. The van der Waals surface area contributed by atoms with Gasteiger partial charge in [0.05, 0.1) is 0 Å². The normalized spacial score (nSPS) is 8.60. The fourth-order valence-corrected chi connectivity index (χ4v) is 1.20. The molecule has 0 saturated carbocycles. The summed E-state index contributed by atoms with van der Waals surface area (Å²) in [5, 5.41) is 3.49. The Bertz CT molecular complexity index is 112. The van der Waals surface area contributed by atoms with Gasteiger partial charge in [-0.1, -0.05) is 34.7 Å². The van der Waals surface area contributed by atoms with Crippen molar-refractivity contribution in [3.63, 3.8) is 0 Å². The Morgan fingerprint density at radius 3 is 2.40 bits per heavy atom. The maximum Gasteiger partial charge on any atom is 0.0101 e. The number of halogens is 2. The molecule has 0 heterocycles. The Labute approximate surface area is 76.5 Å². The Kier molecular flexibility index (Phi) is 9.64. The lowest BCUT2D eigenvalue weighted by Crippen LogP contribution is -1.77. The molecule has 0 nitrogen and oxygen atoms in total. The van der Waals surface area contributed by atoms with Crippen LogP contribution in [0.15, 0.2) is 0 Å². The molecule has 0 aliphatic heterocycles. The summed E-state index contributed by atoms with van der Waals surface area (Å²) in [5.74, 6) is 2.83. The van der Waals surface area contributed by atoms with Gasteiger partial charge in [0.2, 0.25) is 0 Å². The maximum atomic E-state index is 5.17. The second-order valence-electron chi connectivity index (χ2n) is 2.12. The first-order valence-corrected chi connectivity index (χ1v) is 5.06. The lowest BCUT2D eigenvalue weighted by atomic mass is 10.2. The van der Waals surface area contributed by atoms with Crippen molar-refractivity contribution in [2.24, 2.45) is 0 Å². The van der Waals surface area contributed by atoms with E-state index in [4.69, 9.17) is 11.6 Å². The second-order valence-corrected chi connectivity index (χ2v) is 3.11. The molecule has 0 saturated heterocycles. The summed E-state index contributed by atoms with van der Waals surface area (Å²) in [4.78, 5) is 0. The highest BCUT2D eigenvalue weighted by atomic mass is 79.9. The molecule has 0 spiro atoms. The zero-order valence-corrected chi connectivity index (χ0v) is 8.34. The van der Waals surface area contributed by atoms with E-state index < -0.39 is 0 Å². The smallest absolute Gasteiger partial charge is 0.0101 e. The fourth-order valence-electron chi connectivity index (χ4n) is 0.709. The predicted octanol–water partition coefficient (Wildman–Crippen LogP) is 3.53. The largest absolute Gasteiger partial charge is 0.0928 e. The van der Waals surface area contributed by atoms with Crippen LogP contribution in [0.1, 0.15) is 32.1 Å². The molecule has 0 amide bonds. The third-order valence-electron chi connectivity index (χ3n) is 1.25. The molecule has 2 heteroatoms. The van der Waals surface area contributed by atoms with Crippen LogP contribution in [0.25, 0.3) is 0 Å². The molecular weight excluding hydrogens is 211 g/mol. The average Bonchev–Trinajstić information content (AvgIpc) is 1.97. The van der Waals surface area contributed by atoms with Crippen molar-refractivity contribution in [3.05, 3.63) is 0 Å². The highest BCUT2D eigenvalue weighted by Gasteiger charge is 1.85. The van der Waals surface area contributed by atoms with Crippen LogP contribution < -0.4 is 0 Å². The third-order valence-corrected chi connectivity index (χ3v) is 1.95. The van der Waals surface area contributed by atoms with Crippen LogP contribution in [0.3, 0.4) is 0 Å². The molecule has 0 aliphatic carbocycles. The van der Waals surface area contributed by atoms with Crippen molar-refractivity contribution >= 4 is 27.5 Å². The first-order chi connectivity index (χ1) is 4.91. The summed E-state index contributed by atoms with van der Waals surface area (Å²) >= 11 is 8.56. The maximum absolute atomic E-state index is 5.17. The van der Waals surface area contributed by atoms with Gasteiger partial charge in [-0.05, 0) is 24.4 Å². The second kappa shape index (κ2) is 9.33. The van der Waals surface area contributed by atoms with Gasteiger partial charge < -0.3 is 0 Å². The third kappa shape index (κ3) is 8.33. The molecule has 0 N–H and O–H groups in total. The molecule has 0 bridgehead atoms. The van der Waals surface area contributed by atoms with E-state index in [1.807, 2.05) is 0 Å². The summed E-state index contributed by atoms with van der Waals surface area (Å²) in [6, 6.07) is 0. The van der Waals surface area contributed by atoms with Crippen molar-refractivity contribution in [1.82, 2.24) is 0 Å². The van der Waals surface area contributed by atoms with Crippen LogP contribution in [0.2, 0.25) is 0 Å². The van der Waals surface area contributed by atoms with E-state index in [2.05, 4.69) is 27.2 Å². The topological polar surface area (TPSA) is 0 Å². The van der Waals surface area contributed by atoms with E-state index in [1.165, 1.54) is 25.7 Å². The summed E-state index contributed by atoms with van der Waals surface area (Å²) in [5.41, 5.74) is 0. The number of rotatable bonds is 5. The minimum absolute atomic E-state index is 0.950. The lowest BCUT2D eigenvalue weighted by molar-refractivity contribution is 0.685. The van der Waals surface area contributed by atoms with Crippen molar-refractivity contribution < 1.29 is 0 Å². The van der Waals surface area contributed by atoms with E-state index in [1.54, 1.807) is 0 Å². The highest BCUT2D eigenvalue weighted by molar-refractivity contribution is 9.09. The van der Waals surface area contributed by atoms with Crippen LogP contribution in [-0.4, -0.2) is 5.33 Å². The molecular formula is C8H12BrCl. The monoisotopic (exact) mass is 222 g/mol.